The first-order valence-corrected chi connectivity index (χ1v) is 7.73. The molecular weight excluding hydrogens is 378 g/mol. The Morgan fingerprint density at radius 3 is 2.57 bits per heavy atom. The number of halogens is 1. The molecule has 0 amide bonds. The third-order valence-electron chi connectivity index (χ3n) is 3.92. The summed E-state index contributed by atoms with van der Waals surface area (Å²) in [4.78, 5) is 4.63. The molecule has 6 heteroatoms. The molecule has 0 fully saturated rings. The summed E-state index contributed by atoms with van der Waals surface area (Å²) in [7, 11) is 2.06. The van der Waals surface area contributed by atoms with Crippen molar-refractivity contribution in [3.8, 4) is 11.5 Å². The van der Waals surface area contributed by atoms with Crippen LogP contribution >= 0.6 is 22.6 Å². The molecule has 0 bridgehead atoms. The molecule has 21 heavy (non-hydrogen) atoms. The van der Waals surface area contributed by atoms with E-state index in [9.17, 15) is 0 Å². The number of benzene rings is 2. The lowest BCUT2D eigenvalue weighted by molar-refractivity contribution is 0.264. The molecule has 0 unspecified atom stereocenters. The van der Waals surface area contributed by atoms with Crippen LogP contribution in [0.25, 0.3) is 0 Å². The number of nitrogens with zero attached hydrogens (tertiary/aromatic N) is 1. The van der Waals surface area contributed by atoms with Gasteiger partial charge in [-0.05, 0) is 46.9 Å². The van der Waals surface area contributed by atoms with Crippen molar-refractivity contribution in [2.45, 2.75) is 5.54 Å². The highest BCUT2D eigenvalue weighted by Gasteiger charge is 2.46. The summed E-state index contributed by atoms with van der Waals surface area (Å²) in [5, 5.41) is 0. The van der Waals surface area contributed by atoms with Gasteiger partial charge in [0, 0.05) is 14.7 Å². The lowest BCUT2D eigenvalue weighted by atomic mass is 9.79. The van der Waals surface area contributed by atoms with E-state index >= 15 is 0 Å². The van der Waals surface area contributed by atoms with Gasteiger partial charge in [-0.3, -0.25) is 0 Å². The Kier molecular flexibility index (Phi) is 2.72. The molecule has 1 atom stereocenters. The molecule has 0 aromatic heterocycles. The van der Waals surface area contributed by atoms with E-state index in [-0.39, 0.29) is 6.02 Å². The number of amidine groups is 1. The van der Waals surface area contributed by atoms with Crippen LogP contribution in [0.15, 0.2) is 41.4 Å². The van der Waals surface area contributed by atoms with Crippen LogP contribution in [0.2, 0.25) is 0 Å². The van der Waals surface area contributed by atoms with Gasteiger partial charge in [-0.2, -0.15) is 0 Å². The summed E-state index contributed by atoms with van der Waals surface area (Å²) in [6.07, 6.45) is 0. The molecule has 2 aliphatic rings. The molecule has 104 valence electrons. The minimum Gasteiger partial charge on any atom is -0.462 e. The molecule has 2 N–H and O–H groups in total. The zero-order valence-corrected chi connectivity index (χ0v) is 13.5. The van der Waals surface area contributed by atoms with Crippen LogP contribution in [0, 0.1) is 3.57 Å². The summed E-state index contributed by atoms with van der Waals surface area (Å²) in [5.41, 5.74) is 8.40. The Bertz CT molecular complexity index is 740. The predicted molar refractivity (Wildman–Crippen MR) is 92.2 cm³/mol. The fourth-order valence-corrected chi connectivity index (χ4v) is 3.43. The minimum atomic E-state index is -0.597. The number of ether oxygens (including phenoxy) is 2. The van der Waals surface area contributed by atoms with Gasteiger partial charge in [0.2, 0.25) is 0 Å². The van der Waals surface area contributed by atoms with E-state index < -0.39 is 5.54 Å². The number of fused-ring (bicyclic) bond motifs is 4. The van der Waals surface area contributed by atoms with Gasteiger partial charge in [-0.15, -0.1) is 0 Å². The third-order valence-corrected chi connectivity index (χ3v) is 4.59. The third kappa shape index (κ3) is 1.85. The number of rotatable bonds is 0. The molecule has 0 saturated heterocycles. The van der Waals surface area contributed by atoms with Gasteiger partial charge >= 0.3 is 0 Å². The fourth-order valence-electron chi connectivity index (χ4n) is 2.94. The summed E-state index contributed by atoms with van der Waals surface area (Å²) in [5.74, 6) is 1.63. The van der Waals surface area contributed by atoms with Gasteiger partial charge in [0.1, 0.15) is 26.0 Å². The zero-order valence-electron chi connectivity index (χ0n) is 11.4. The molecule has 0 saturated carbocycles. The van der Waals surface area contributed by atoms with E-state index in [4.69, 9.17) is 15.2 Å². The smallest absolute Gasteiger partial charge is 0.283 e. The maximum absolute atomic E-state index is 6.04. The van der Waals surface area contributed by atoms with Crippen LogP contribution in [0.1, 0.15) is 11.1 Å². The lowest BCUT2D eigenvalue weighted by Gasteiger charge is -2.33. The molecular formula is C15H12BIN2O2. The summed E-state index contributed by atoms with van der Waals surface area (Å²) in [6.45, 7) is 0.408. The average molecular weight is 390 g/mol. The predicted octanol–water partition coefficient (Wildman–Crippen LogP) is 1.24. The monoisotopic (exact) mass is 390 g/mol. The SMILES string of the molecule is Bc1ccc2c(c1)[C@]1(COC(N)=N1)c1cc(I)ccc1O2. The Hall–Kier alpha value is -1.70. The van der Waals surface area contributed by atoms with Crippen LogP contribution < -0.4 is 15.9 Å². The zero-order chi connectivity index (χ0) is 14.6. The van der Waals surface area contributed by atoms with Crippen LogP contribution in [0.4, 0.5) is 0 Å². The minimum absolute atomic E-state index is 0.231. The largest absolute Gasteiger partial charge is 0.462 e. The van der Waals surface area contributed by atoms with Crippen molar-refractivity contribution < 1.29 is 9.47 Å². The number of hydrogen-bond donors (Lipinski definition) is 1. The molecule has 2 heterocycles. The second kappa shape index (κ2) is 4.40. The molecule has 0 aliphatic carbocycles. The average Bonchev–Trinajstić information content (AvgIpc) is 2.84. The van der Waals surface area contributed by atoms with Gasteiger partial charge in [0.15, 0.2) is 5.54 Å². The highest BCUT2D eigenvalue weighted by Crippen LogP contribution is 2.50. The van der Waals surface area contributed by atoms with Gasteiger partial charge < -0.3 is 15.2 Å². The highest BCUT2D eigenvalue weighted by atomic mass is 127. The summed E-state index contributed by atoms with van der Waals surface area (Å²) >= 11 is 2.29. The van der Waals surface area contributed by atoms with Crippen molar-refractivity contribution in [1.82, 2.24) is 0 Å². The topological polar surface area (TPSA) is 56.8 Å². The van der Waals surface area contributed by atoms with Gasteiger partial charge in [0.25, 0.3) is 6.02 Å². The lowest BCUT2D eigenvalue weighted by Crippen LogP contribution is -2.32. The molecule has 2 aromatic carbocycles. The summed E-state index contributed by atoms with van der Waals surface area (Å²) < 4.78 is 12.7. The van der Waals surface area contributed by atoms with Gasteiger partial charge in [-0.25, -0.2) is 4.99 Å². The Balaban J connectivity index is 2.05. The van der Waals surface area contributed by atoms with Gasteiger partial charge in [0.05, 0.1) is 0 Å². The molecule has 2 aromatic rings. The van der Waals surface area contributed by atoms with Crippen LogP contribution in [-0.2, 0) is 10.3 Å². The van der Waals surface area contributed by atoms with Gasteiger partial charge in [-0.1, -0.05) is 17.6 Å². The van der Waals surface area contributed by atoms with Crippen LogP contribution in [-0.4, -0.2) is 20.5 Å². The number of aliphatic imine (C=N–C) groups is 1. The second-order valence-corrected chi connectivity index (χ2v) is 6.59. The van der Waals surface area contributed by atoms with Crippen LogP contribution in [0.5, 0.6) is 11.5 Å². The Morgan fingerprint density at radius 2 is 1.86 bits per heavy atom. The molecule has 2 aliphatic heterocycles. The second-order valence-electron chi connectivity index (χ2n) is 5.34. The summed E-state index contributed by atoms with van der Waals surface area (Å²) in [6, 6.07) is 12.4. The van der Waals surface area contributed by atoms with E-state index in [1.54, 1.807) is 0 Å². The normalized spacial score (nSPS) is 22.0. The molecule has 4 rings (SSSR count). The van der Waals surface area contributed by atoms with Crippen LogP contribution in [0.3, 0.4) is 0 Å². The quantitative estimate of drug-likeness (QED) is 0.545. The molecule has 4 nitrogen and oxygen atoms in total. The van der Waals surface area contributed by atoms with E-state index in [0.29, 0.717) is 6.61 Å². The highest BCUT2D eigenvalue weighted by molar-refractivity contribution is 14.1. The Labute approximate surface area is 136 Å². The van der Waals surface area contributed by atoms with Crippen molar-refractivity contribution in [1.29, 1.82) is 0 Å². The standard InChI is InChI=1S/C15H12BIN2O2/c16-8-1-3-12-10(5-8)15(7-20-14(18)19-15)11-6-9(17)2-4-13(11)21-12/h1-6H,7,16H2,(H2,18,19)/t15-/m1/s1. The maximum atomic E-state index is 6.04. The van der Waals surface area contributed by atoms with Crippen molar-refractivity contribution >= 4 is 41.9 Å². The Morgan fingerprint density at radius 1 is 1.14 bits per heavy atom. The first kappa shape index (κ1) is 13.0. The first-order valence-electron chi connectivity index (χ1n) is 6.66. The molecule has 0 radical (unpaired) electrons. The van der Waals surface area contributed by atoms with Crippen molar-refractivity contribution in [3.05, 3.63) is 51.1 Å². The van der Waals surface area contributed by atoms with E-state index in [0.717, 1.165) is 31.7 Å². The van der Waals surface area contributed by atoms with Crippen molar-refractivity contribution in [2.24, 2.45) is 10.7 Å². The van der Waals surface area contributed by atoms with E-state index in [1.165, 1.54) is 0 Å². The number of hydrogen-bond acceptors (Lipinski definition) is 4. The van der Waals surface area contributed by atoms with Crippen molar-refractivity contribution in [2.75, 3.05) is 6.61 Å². The van der Waals surface area contributed by atoms with Crippen molar-refractivity contribution in [3.63, 3.8) is 0 Å². The maximum Gasteiger partial charge on any atom is 0.283 e. The first-order chi connectivity index (χ1) is 10.1. The van der Waals surface area contributed by atoms with E-state index in [2.05, 4.69) is 47.6 Å². The van der Waals surface area contributed by atoms with E-state index in [1.807, 2.05) is 24.3 Å². The number of nitrogens with two attached hydrogens (primary N) is 1. The molecule has 1 spiro atoms. The fraction of sp³-hybridized carbons (Fsp3) is 0.133.